The molecule has 6 nitrogen and oxygen atoms in total. The minimum absolute atomic E-state index is 0.0469. The number of benzene rings is 1. The summed E-state index contributed by atoms with van der Waals surface area (Å²) in [4.78, 5) is 12.0. The van der Waals surface area contributed by atoms with Crippen LogP contribution >= 0.6 is 11.8 Å². The molecular weight excluding hydrogens is 353 g/mol. The molecule has 1 aromatic carbocycles. The monoisotopic (exact) mass is 379 g/mol. The van der Waals surface area contributed by atoms with Gasteiger partial charge in [0.05, 0.1) is 5.75 Å². The fourth-order valence-corrected chi connectivity index (χ4v) is 3.10. The van der Waals surface area contributed by atoms with E-state index in [0.29, 0.717) is 23.3 Å². The van der Waals surface area contributed by atoms with Crippen LogP contribution in [0.15, 0.2) is 29.4 Å². The van der Waals surface area contributed by atoms with Gasteiger partial charge in [-0.3, -0.25) is 4.79 Å². The van der Waals surface area contributed by atoms with Gasteiger partial charge in [-0.1, -0.05) is 37.7 Å². The van der Waals surface area contributed by atoms with Gasteiger partial charge < -0.3 is 11.2 Å². The Bertz CT molecular complexity index is 717. The van der Waals surface area contributed by atoms with Gasteiger partial charge in [0, 0.05) is 12.5 Å². The first-order valence-electron chi connectivity index (χ1n) is 8.71. The van der Waals surface area contributed by atoms with E-state index < -0.39 is 0 Å². The highest BCUT2D eigenvalue weighted by atomic mass is 32.2. The molecule has 1 amide bonds. The van der Waals surface area contributed by atoms with Gasteiger partial charge in [-0.05, 0) is 43.4 Å². The number of halogens is 1. The SMILES string of the molecule is CC(C)CC[C@@H](C)NC(=O)CSc1nnc(Cc2ccc(F)cc2)n1N. The Balaban J connectivity index is 1.84. The third kappa shape index (κ3) is 6.33. The topological polar surface area (TPSA) is 85.8 Å². The molecule has 0 aliphatic rings. The third-order valence-corrected chi connectivity index (χ3v) is 4.87. The van der Waals surface area contributed by atoms with Crippen LogP contribution in [0.3, 0.4) is 0 Å². The quantitative estimate of drug-likeness (QED) is 0.517. The molecule has 0 fully saturated rings. The summed E-state index contributed by atoms with van der Waals surface area (Å²) in [5.41, 5.74) is 0.888. The zero-order valence-electron chi connectivity index (χ0n) is 15.4. The van der Waals surface area contributed by atoms with E-state index in [1.54, 1.807) is 12.1 Å². The van der Waals surface area contributed by atoms with Gasteiger partial charge in [-0.2, -0.15) is 0 Å². The zero-order chi connectivity index (χ0) is 19.1. The van der Waals surface area contributed by atoms with Crippen LogP contribution in [0.1, 0.15) is 45.0 Å². The minimum Gasteiger partial charge on any atom is -0.353 e. The Morgan fingerprint density at radius 2 is 1.92 bits per heavy atom. The molecule has 8 heteroatoms. The fraction of sp³-hybridized carbons (Fsp3) is 0.500. The lowest BCUT2D eigenvalue weighted by molar-refractivity contribution is -0.119. The van der Waals surface area contributed by atoms with E-state index >= 15 is 0 Å². The van der Waals surface area contributed by atoms with Gasteiger partial charge in [0.1, 0.15) is 5.82 Å². The lowest BCUT2D eigenvalue weighted by Gasteiger charge is -2.14. The number of nitrogen functional groups attached to an aromatic ring is 1. The normalized spacial score (nSPS) is 12.3. The second-order valence-corrected chi connectivity index (χ2v) is 7.74. The molecule has 0 aliphatic carbocycles. The fourth-order valence-electron chi connectivity index (χ4n) is 2.41. The Labute approximate surface area is 157 Å². The molecule has 2 rings (SSSR count). The van der Waals surface area contributed by atoms with E-state index in [2.05, 4.69) is 29.4 Å². The van der Waals surface area contributed by atoms with Crippen molar-refractivity contribution in [2.75, 3.05) is 11.6 Å². The second-order valence-electron chi connectivity index (χ2n) is 6.80. The van der Waals surface area contributed by atoms with Crippen molar-refractivity contribution in [3.63, 3.8) is 0 Å². The van der Waals surface area contributed by atoms with Crippen molar-refractivity contribution in [1.82, 2.24) is 20.2 Å². The highest BCUT2D eigenvalue weighted by Crippen LogP contribution is 2.16. The summed E-state index contributed by atoms with van der Waals surface area (Å²) in [6.07, 6.45) is 2.49. The highest BCUT2D eigenvalue weighted by Gasteiger charge is 2.14. The number of carbonyl (C=O) groups is 1. The number of carbonyl (C=O) groups excluding carboxylic acids is 1. The average Bonchev–Trinajstić information content (AvgIpc) is 2.93. The Morgan fingerprint density at radius 3 is 2.58 bits per heavy atom. The van der Waals surface area contributed by atoms with Gasteiger partial charge in [0.15, 0.2) is 5.82 Å². The number of amides is 1. The van der Waals surface area contributed by atoms with Gasteiger partial charge in [-0.15, -0.1) is 10.2 Å². The molecule has 142 valence electrons. The molecule has 1 aromatic heterocycles. The first-order valence-corrected chi connectivity index (χ1v) is 9.69. The molecule has 1 heterocycles. The van der Waals surface area contributed by atoms with E-state index in [1.165, 1.54) is 28.6 Å². The van der Waals surface area contributed by atoms with Crippen LogP contribution in [0.2, 0.25) is 0 Å². The van der Waals surface area contributed by atoms with Crippen LogP contribution in [-0.2, 0) is 11.2 Å². The van der Waals surface area contributed by atoms with E-state index in [9.17, 15) is 9.18 Å². The molecule has 0 bridgehead atoms. The molecule has 1 atom stereocenters. The number of thioether (sulfide) groups is 1. The summed E-state index contributed by atoms with van der Waals surface area (Å²) < 4.78 is 14.3. The summed E-state index contributed by atoms with van der Waals surface area (Å²) in [6, 6.07) is 6.31. The molecule has 3 N–H and O–H groups in total. The van der Waals surface area contributed by atoms with Crippen LogP contribution in [0.4, 0.5) is 4.39 Å². The molecular formula is C18H26FN5OS. The van der Waals surface area contributed by atoms with Crippen molar-refractivity contribution in [2.24, 2.45) is 5.92 Å². The summed E-state index contributed by atoms with van der Waals surface area (Å²) in [7, 11) is 0. The standard InChI is InChI=1S/C18H26FN5OS/c1-12(2)4-5-13(3)21-17(25)11-26-18-23-22-16(24(18)20)10-14-6-8-15(19)9-7-14/h6-9,12-13H,4-5,10-11,20H2,1-3H3,(H,21,25)/t13-/m1/s1. The Morgan fingerprint density at radius 1 is 1.23 bits per heavy atom. The van der Waals surface area contributed by atoms with Gasteiger partial charge in [0.2, 0.25) is 11.1 Å². The van der Waals surface area contributed by atoms with Crippen molar-refractivity contribution < 1.29 is 9.18 Å². The lowest BCUT2D eigenvalue weighted by atomic mass is 10.0. The highest BCUT2D eigenvalue weighted by molar-refractivity contribution is 7.99. The predicted octanol–water partition coefficient (Wildman–Crippen LogP) is 2.75. The van der Waals surface area contributed by atoms with Crippen LogP contribution in [0.25, 0.3) is 0 Å². The number of hydrogen-bond acceptors (Lipinski definition) is 5. The van der Waals surface area contributed by atoms with Crippen molar-refractivity contribution in [1.29, 1.82) is 0 Å². The summed E-state index contributed by atoms with van der Waals surface area (Å²) in [6.45, 7) is 6.35. The molecule has 0 radical (unpaired) electrons. The van der Waals surface area contributed by atoms with Crippen molar-refractivity contribution in [3.8, 4) is 0 Å². The first-order chi connectivity index (χ1) is 12.3. The number of nitrogens with zero attached hydrogens (tertiary/aromatic N) is 3. The van der Waals surface area contributed by atoms with Crippen molar-refractivity contribution in [3.05, 3.63) is 41.5 Å². The maximum absolute atomic E-state index is 13.0. The number of hydrogen-bond donors (Lipinski definition) is 2. The summed E-state index contributed by atoms with van der Waals surface area (Å²) in [5.74, 6) is 7.10. The molecule has 26 heavy (non-hydrogen) atoms. The largest absolute Gasteiger partial charge is 0.353 e. The van der Waals surface area contributed by atoms with E-state index in [4.69, 9.17) is 5.84 Å². The second kappa shape index (κ2) is 9.56. The van der Waals surface area contributed by atoms with Crippen LogP contribution < -0.4 is 11.2 Å². The summed E-state index contributed by atoms with van der Waals surface area (Å²) >= 11 is 1.25. The van der Waals surface area contributed by atoms with Gasteiger partial charge >= 0.3 is 0 Å². The lowest BCUT2D eigenvalue weighted by Crippen LogP contribution is -2.34. The van der Waals surface area contributed by atoms with E-state index in [0.717, 1.165) is 18.4 Å². The van der Waals surface area contributed by atoms with E-state index in [-0.39, 0.29) is 23.5 Å². The number of aromatic nitrogens is 3. The van der Waals surface area contributed by atoms with Crippen molar-refractivity contribution in [2.45, 2.75) is 51.2 Å². The molecule has 0 saturated heterocycles. The van der Waals surface area contributed by atoms with Crippen LogP contribution in [-0.4, -0.2) is 32.6 Å². The molecule has 0 unspecified atom stereocenters. The summed E-state index contributed by atoms with van der Waals surface area (Å²) in [5, 5.41) is 11.6. The number of nitrogens with two attached hydrogens (primary N) is 1. The Kier molecular flexibility index (Phi) is 7.44. The number of rotatable bonds is 9. The van der Waals surface area contributed by atoms with Crippen molar-refractivity contribution >= 4 is 17.7 Å². The van der Waals surface area contributed by atoms with E-state index in [1.807, 2.05) is 6.92 Å². The predicted molar refractivity (Wildman–Crippen MR) is 102 cm³/mol. The maximum Gasteiger partial charge on any atom is 0.230 e. The maximum atomic E-state index is 13.0. The van der Waals surface area contributed by atoms with Gasteiger partial charge in [-0.25, -0.2) is 9.07 Å². The smallest absolute Gasteiger partial charge is 0.230 e. The zero-order valence-corrected chi connectivity index (χ0v) is 16.2. The molecule has 0 saturated carbocycles. The molecule has 2 aromatic rings. The molecule has 0 spiro atoms. The van der Waals surface area contributed by atoms with Gasteiger partial charge in [0.25, 0.3) is 0 Å². The molecule has 0 aliphatic heterocycles. The third-order valence-electron chi connectivity index (χ3n) is 3.93. The Hall–Kier alpha value is -2.09. The number of nitrogens with one attached hydrogen (secondary N) is 1. The first kappa shape index (κ1) is 20.2. The van der Waals surface area contributed by atoms with Crippen LogP contribution in [0, 0.1) is 11.7 Å². The van der Waals surface area contributed by atoms with Crippen LogP contribution in [0.5, 0.6) is 0 Å². The minimum atomic E-state index is -0.284. The average molecular weight is 380 g/mol.